The van der Waals surface area contributed by atoms with E-state index in [4.69, 9.17) is 5.11 Å². The van der Waals surface area contributed by atoms with Crippen LogP contribution in [0, 0.1) is 13.8 Å². The van der Waals surface area contributed by atoms with E-state index >= 15 is 0 Å². The fourth-order valence-corrected chi connectivity index (χ4v) is 2.33. The molecule has 1 aromatic heterocycles. The molecule has 0 atom stereocenters. The maximum absolute atomic E-state index is 11.6. The van der Waals surface area contributed by atoms with Crippen LogP contribution in [0.5, 0.6) is 0 Å². The van der Waals surface area contributed by atoms with Crippen molar-refractivity contribution >= 4 is 11.8 Å². The Balaban J connectivity index is 2.38. The number of hydrogen-bond acceptors (Lipinski definition) is 3. The van der Waals surface area contributed by atoms with Crippen LogP contribution in [0.2, 0.25) is 0 Å². The summed E-state index contributed by atoms with van der Waals surface area (Å²) in [6.45, 7) is 5.48. The van der Waals surface area contributed by atoms with Gasteiger partial charge in [-0.2, -0.15) is 5.10 Å². The van der Waals surface area contributed by atoms with E-state index in [-0.39, 0.29) is 12.2 Å². The van der Waals surface area contributed by atoms with E-state index in [9.17, 15) is 9.59 Å². The van der Waals surface area contributed by atoms with Gasteiger partial charge in [-0.25, -0.2) is 4.68 Å². The number of aliphatic carboxylic acids is 1. The number of Topliss-reactive ketones (excluding diaryl/α,β-unsaturated/α-hetero) is 1. The number of carboxylic acid groups (broad SMARTS) is 1. The molecule has 0 aliphatic heterocycles. The molecule has 0 amide bonds. The molecule has 5 nitrogen and oxygen atoms in total. The standard InChI is InChI=1S/C16H18N2O3/c1-4-15(19)12-5-7-13(8-6-12)18-11(3)14(9-16(20)21)10(2)17-18/h5-8H,4,9H2,1-3H3,(H,20,21). The van der Waals surface area contributed by atoms with Crippen LogP contribution in [0.4, 0.5) is 0 Å². The summed E-state index contributed by atoms with van der Waals surface area (Å²) in [5.41, 5.74) is 3.75. The van der Waals surface area contributed by atoms with Gasteiger partial charge in [-0.05, 0) is 38.1 Å². The minimum Gasteiger partial charge on any atom is -0.481 e. The number of aryl methyl sites for hydroxylation is 1. The largest absolute Gasteiger partial charge is 0.481 e. The van der Waals surface area contributed by atoms with Crippen molar-refractivity contribution in [1.29, 1.82) is 0 Å². The van der Waals surface area contributed by atoms with Gasteiger partial charge in [0.05, 0.1) is 17.8 Å². The maximum Gasteiger partial charge on any atom is 0.307 e. The molecule has 0 spiro atoms. The van der Waals surface area contributed by atoms with Crippen molar-refractivity contribution in [3.05, 3.63) is 46.8 Å². The van der Waals surface area contributed by atoms with Gasteiger partial charge in [0, 0.05) is 23.2 Å². The number of nitrogens with zero attached hydrogens (tertiary/aromatic N) is 2. The highest BCUT2D eigenvalue weighted by Gasteiger charge is 2.15. The van der Waals surface area contributed by atoms with E-state index in [1.807, 2.05) is 26.0 Å². The first kappa shape index (κ1) is 15.0. The highest BCUT2D eigenvalue weighted by atomic mass is 16.4. The SMILES string of the molecule is CCC(=O)c1ccc(-n2nc(C)c(CC(=O)O)c2C)cc1. The number of carbonyl (C=O) groups is 2. The predicted molar refractivity (Wildman–Crippen MR) is 79.0 cm³/mol. The number of benzene rings is 1. The van der Waals surface area contributed by atoms with Gasteiger partial charge in [-0.3, -0.25) is 9.59 Å². The van der Waals surface area contributed by atoms with Gasteiger partial charge in [0.1, 0.15) is 0 Å². The smallest absolute Gasteiger partial charge is 0.307 e. The van der Waals surface area contributed by atoms with E-state index in [2.05, 4.69) is 5.10 Å². The van der Waals surface area contributed by atoms with E-state index in [0.717, 1.165) is 16.9 Å². The highest BCUT2D eigenvalue weighted by molar-refractivity contribution is 5.95. The Morgan fingerprint density at radius 3 is 2.33 bits per heavy atom. The van der Waals surface area contributed by atoms with Gasteiger partial charge in [0.15, 0.2) is 5.78 Å². The Bertz CT molecular complexity index is 684. The number of rotatable bonds is 5. The molecule has 1 N–H and O–H groups in total. The molecule has 0 aliphatic carbocycles. The lowest BCUT2D eigenvalue weighted by Crippen LogP contribution is -2.04. The second kappa shape index (κ2) is 5.91. The first-order valence-electron chi connectivity index (χ1n) is 6.84. The molecular weight excluding hydrogens is 268 g/mol. The van der Waals surface area contributed by atoms with E-state index in [0.29, 0.717) is 17.7 Å². The molecule has 0 aliphatic rings. The van der Waals surface area contributed by atoms with Crippen LogP contribution in [-0.4, -0.2) is 26.6 Å². The Labute approximate surface area is 123 Å². The summed E-state index contributed by atoms with van der Waals surface area (Å²) in [5.74, 6) is -0.772. The van der Waals surface area contributed by atoms with E-state index < -0.39 is 5.97 Å². The Morgan fingerprint density at radius 2 is 1.81 bits per heavy atom. The summed E-state index contributed by atoms with van der Waals surface area (Å²) >= 11 is 0. The predicted octanol–water partition coefficient (Wildman–Crippen LogP) is 2.71. The van der Waals surface area contributed by atoms with Gasteiger partial charge >= 0.3 is 5.97 Å². The van der Waals surface area contributed by atoms with Gasteiger partial charge in [-0.1, -0.05) is 6.92 Å². The minimum atomic E-state index is -0.871. The molecule has 0 unspecified atom stereocenters. The van der Waals surface area contributed by atoms with Crippen molar-refractivity contribution in [3.63, 3.8) is 0 Å². The van der Waals surface area contributed by atoms with Gasteiger partial charge < -0.3 is 5.11 Å². The van der Waals surface area contributed by atoms with Gasteiger partial charge in [0.25, 0.3) is 0 Å². The zero-order valence-electron chi connectivity index (χ0n) is 12.4. The molecule has 2 aromatic rings. The topological polar surface area (TPSA) is 72.2 Å². The van der Waals surface area contributed by atoms with Gasteiger partial charge in [-0.15, -0.1) is 0 Å². The number of aromatic nitrogens is 2. The number of carbonyl (C=O) groups excluding carboxylic acids is 1. The first-order valence-corrected chi connectivity index (χ1v) is 6.84. The minimum absolute atomic E-state index is 0.0376. The summed E-state index contributed by atoms with van der Waals surface area (Å²) in [6.07, 6.45) is 0.437. The van der Waals surface area contributed by atoms with Crippen LogP contribution < -0.4 is 0 Å². The summed E-state index contributed by atoms with van der Waals surface area (Å²) in [7, 11) is 0. The summed E-state index contributed by atoms with van der Waals surface area (Å²) in [5, 5.41) is 13.3. The van der Waals surface area contributed by atoms with Crippen molar-refractivity contribution in [3.8, 4) is 5.69 Å². The third kappa shape index (κ3) is 3.02. The lowest BCUT2D eigenvalue weighted by Gasteiger charge is -2.06. The van der Waals surface area contributed by atoms with Crippen molar-refractivity contribution in [1.82, 2.24) is 9.78 Å². The Morgan fingerprint density at radius 1 is 1.19 bits per heavy atom. The second-order valence-corrected chi connectivity index (χ2v) is 4.96. The fourth-order valence-electron chi connectivity index (χ4n) is 2.33. The van der Waals surface area contributed by atoms with Crippen LogP contribution in [0.25, 0.3) is 5.69 Å². The van der Waals surface area contributed by atoms with Crippen molar-refractivity contribution in [2.75, 3.05) is 0 Å². The molecule has 110 valence electrons. The highest BCUT2D eigenvalue weighted by Crippen LogP contribution is 2.19. The monoisotopic (exact) mass is 286 g/mol. The lowest BCUT2D eigenvalue weighted by molar-refractivity contribution is -0.136. The Kier molecular flexibility index (Phi) is 4.21. The third-order valence-electron chi connectivity index (χ3n) is 3.52. The lowest BCUT2D eigenvalue weighted by atomic mass is 10.1. The zero-order valence-corrected chi connectivity index (χ0v) is 12.4. The van der Waals surface area contributed by atoms with Crippen LogP contribution in [0.1, 0.15) is 40.7 Å². The molecule has 1 heterocycles. The van der Waals surface area contributed by atoms with Crippen LogP contribution in [0.15, 0.2) is 24.3 Å². The molecular formula is C16H18N2O3. The average Bonchev–Trinajstić information content (AvgIpc) is 2.74. The quantitative estimate of drug-likeness (QED) is 0.858. The molecule has 1 aromatic carbocycles. The molecule has 0 saturated carbocycles. The fraction of sp³-hybridized carbons (Fsp3) is 0.312. The molecule has 0 fully saturated rings. The van der Waals surface area contributed by atoms with Crippen molar-refractivity contribution in [2.24, 2.45) is 0 Å². The van der Waals surface area contributed by atoms with Crippen molar-refractivity contribution in [2.45, 2.75) is 33.6 Å². The summed E-state index contributed by atoms with van der Waals surface area (Å²) in [4.78, 5) is 22.5. The van der Waals surface area contributed by atoms with Gasteiger partial charge in [0.2, 0.25) is 0 Å². The van der Waals surface area contributed by atoms with Crippen LogP contribution >= 0.6 is 0 Å². The maximum atomic E-state index is 11.6. The average molecular weight is 286 g/mol. The van der Waals surface area contributed by atoms with E-state index in [1.54, 1.807) is 23.7 Å². The molecule has 0 radical (unpaired) electrons. The van der Waals surface area contributed by atoms with Crippen LogP contribution in [0.3, 0.4) is 0 Å². The molecule has 0 bridgehead atoms. The normalized spacial score (nSPS) is 10.6. The molecule has 21 heavy (non-hydrogen) atoms. The second-order valence-electron chi connectivity index (χ2n) is 4.96. The molecule has 5 heteroatoms. The van der Waals surface area contributed by atoms with Crippen molar-refractivity contribution < 1.29 is 14.7 Å². The summed E-state index contributed by atoms with van der Waals surface area (Å²) < 4.78 is 1.72. The van der Waals surface area contributed by atoms with E-state index in [1.165, 1.54) is 0 Å². The molecule has 2 rings (SSSR count). The number of hydrogen-bond donors (Lipinski definition) is 1. The first-order chi connectivity index (χ1) is 9.93. The summed E-state index contributed by atoms with van der Waals surface area (Å²) in [6, 6.07) is 7.20. The number of carboxylic acids is 1. The zero-order chi connectivity index (χ0) is 15.6. The molecule has 0 saturated heterocycles. The third-order valence-corrected chi connectivity index (χ3v) is 3.52. The van der Waals surface area contributed by atoms with Crippen LogP contribution in [-0.2, 0) is 11.2 Å². The Hall–Kier alpha value is -2.43. The number of ketones is 1.